The minimum Gasteiger partial charge on any atom is -0.201 e. The summed E-state index contributed by atoms with van der Waals surface area (Å²) in [6.07, 6.45) is 2.10. The van der Waals surface area contributed by atoms with Gasteiger partial charge < -0.3 is 0 Å². The smallest absolute Gasteiger partial charge is 0.201 e. The molecule has 0 N–H and O–H groups in total. The maximum absolute atomic E-state index is 2.30. The highest BCUT2D eigenvalue weighted by Gasteiger charge is 2.21. The molecule has 0 amide bonds. The van der Waals surface area contributed by atoms with Gasteiger partial charge in [0.2, 0.25) is 11.4 Å². The predicted molar refractivity (Wildman–Crippen MR) is 107 cm³/mol. The molecule has 2 aromatic heterocycles. The molecule has 0 saturated heterocycles. The molecule has 4 aromatic rings. The normalized spacial score (nSPS) is 11.1. The summed E-state index contributed by atoms with van der Waals surface area (Å²) in [6.45, 7) is 4.42. The van der Waals surface area contributed by atoms with E-state index in [4.69, 9.17) is 0 Å². The lowest BCUT2D eigenvalue weighted by Crippen LogP contribution is -2.35. The van der Waals surface area contributed by atoms with E-state index in [0.29, 0.717) is 0 Å². The van der Waals surface area contributed by atoms with Gasteiger partial charge >= 0.3 is 0 Å². The second kappa shape index (κ2) is 6.38. The fourth-order valence-electron chi connectivity index (χ4n) is 3.81. The van der Waals surface area contributed by atoms with Crippen molar-refractivity contribution >= 4 is 10.8 Å². The summed E-state index contributed by atoms with van der Waals surface area (Å²) in [5.41, 5.74) is 7.62. The molecule has 0 spiro atoms. The van der Waals surface area contributed by atoms with Gasteiger partial charge in [-0.15, -0.1) is 0 Å². The Kier molecular flexibility index (Phi) is 4.04. The van der Waals surface area contributed by atoms with Crippen molar-refractivity contribution in [2.75, 3.05) is 0 Å². The first-order valence-corrected chi connectivity index (χ1v) is 9.01. The number of rotatable bonds is 2. The van der Waals surface area contributed by atoms with Gasteiger partial charge in [0.15, 0.2) is 11.9 Å². The molecule has 4 rings (SSSR count). The van der Waals surface area contributed by atoms with Gasteiger partial charge in [-0.1, -0.05) is 24.3 Å². The van der Waals surface area contributed by atoms with Crippen LogP contribution in [0.5, 0.6) is 0 Å². The van der Waals surface area contributed by atoms with E-state index >= 15 is 0 Å². The van der Waals surface area contributed by atoms with Gasteiger partial charge in [-0.05, 0) is 42.1 Å². The van der Waals surface area contributed by atoms with Crippen LogP contribution in [0.4, 0.5) is 0 Å². The first kappa shape index (κ1) is 16.5. The molecular weight excluding hydrogens is 316 g/mol. The first-order chi connectivity index (χ1) is 12.6. The Bertz CT molecular complexity index is 1130. The highest BCUT2D eigenvalue weighted by atomic mass is 14.9. The van der Waals surface area contributed by atoms with E-state index < -0.39 is 0 Å². The summed E-state index contributed by atoms with van der Waals surface area (Å²) in [7, 11) is 4.26. The molecule has 2 heterocycles. The fraction of sp³-hybridized carbons (Fsp3) is 0.167. The molecule has 0 atom stereocenters. The van der Waals surface area contributed by atoms with Crippen molar-refractivity contribution in [2.24, 2.45) is 14.1 Å². The highest BCUT2D eigenvalue weighted by Crippen LogP contribution is 2.30. The summed E-state index contributed by atoms with van der Waals surface area (Å²) >= 11 is 0. The third-order valence-electron chi connectivity index (χ3n) is 5.45. The molecule has 0 aliphatic rings. The Morgan fingerprint density at radius 2 is 1.38 bits per heavy atom. The van der Waals surface area contributed by atoms with Crippen LogP contribution in [0.2, 0.25) is 0 Å². The van der Waals surface area contributed by atoms with Crippen molar-refractivity contribution in [3.8, 4) is 22.5 Å². The summed E-state index contributed by atoms with van der Waals surface area (Å²) in [5.74, 6) is 0. The van der Waals surface area contributed by atoms with Crippen LogP contribution in [-0.2, 0) is 14.1 Å². The zero-order valence-corrected chi connectivity index (χ0v) is 15.8. The number of aromatic nitrogens is 2. The lowest BCUT2D eigenvalue weighted by atomic mass is 9.95. The van der Waals surface area contributed by atoms with E-state index in [1.807, 2.05) is 0 Å². The Morgan fingerprint density at radius 1 is 0.692 bits per heavy atom. The van der Waals surface area contributed by atoms with Gasteiger partial charge in [-0.25, -0.2) is 4.57 Å². The summed E-state index contributed by atoms with van der Waals surface area (Å²) in [5, 5.41) is 2.59. The van der Waals surface area contributed by atoms with Crippen LogP contribution in [0.1, 0.15) is 11.3 Å². The second-order valence-corrected chi connectivity index (χ2v) is 6.94. The number of fused-ring (bicyclic) bond motifs is 1. The van der Waals surface area contributed by atoms with Gasteiger partial charge in [0.25, 0.3) is 0 Å². The van der Waals surface area contributed by atoms with Gasteiger partial charge in [0, 0.05) is 41.6 Å². The molecule has 2 nitrogen and oxygen atoms in total. The molecule has 0 radical (unpaired) electrons. The summed E-state index contributed by atoms with van der Waals surface area (Å²) in [4.78, 5) is 0. The molecule has 128 valence electrons. The fourth-order valence-corrected chi connectivity index (χ4v) is 3.81. The maximum Gasteiger partial charge on any atom is 0.213 e. The molecule has 0 aliphatic carbocycles. The van der Waals surface area contributed by atoms with Crippen molar-refractivity contribution < 1.29 is 9.13 Å². The topological polar surface area (TPSA) is 7.76 Å². The SMILES string of the molecule is Cc1c(-c2cccc[n+]2C)cccc1-c1cc2ccccc2c(C)[n+]1C. The second-order valence-electron chi connectivity index (χ2n) is 6.94. The van der Waals surface area contributed by atoms with Crippen LogP contribution in [0.25, 0.3) is 33.3 Å². The van der Waals surface area contributed by atoms with Gasteiger partial charge in [0.05, 0.1) is 0 Å². The van der Waals surface area contributed by atoms with Crippen molar-refractivity contribution in [3.05, 3.63) is 84.2 Å². The Labute approximate surface area is 155 Å². The molecule has 0 fully saturated rings. The molecule has 2 aromatic carbocycles. The Balaban J connectivity index is 1.98. The van der Waals surface area contributed by atoms with Crippen LogP contribution in [-0.4, -0.2) is 0 Å². The molecule has 26 heavy (non-hydrogen) atoms. The van der Waals surface area contributed by atoms with Crippen LogP contribution in [0, 0.1) is 13.8 Å². The average molecular weight is 340 g/mol. The standard InChI is InChI=1S/C24H24N2/c1-17-20(23-14-7-8-15-25(23)3)12-9-13-21(17)24-16-19-10-5-6-11-22(19)18(2)26(24)4/h5-16H,1-4H3/q+2. The third-order valence-corrected chi connectivity index (χ3v) is 5.45. The van der Waals surface area contributed by atoms with E-state index in [1.54, 1.807) is 0 Å². The average Bonchev–Trinajstić information content (AvgIpc) is 2.66. The van der Waals surface area contributed by atoms with Crippen LogP contribution >= 0.6 is 0 Å². The van der Waals surface area contributed by atoms with E-state index in [2.05, 4.69) is 110 Å². The zero-order valence-electron chi connectivity index (χ0n) is 15.8. The largest absolute Gasteiger partial charge is 0.213 e. The first-order valence-electron chi connectivity index (χ1n) is 9.01. The quantitative estimate of drug-likeness (QED) is 0.477. The summed E-state index contributed by atoms with van der Waals surface area (Å²) in [6, 6.07) is 23.9. The molecule has 0 aliphatic heterocycles. The third kappa shape index (κ3) is 2.59. The number of aryl methyl sites for hydroxylation is 2. The summed E-state index contributed by atoms with van der Waals surface area (Å²) < 4.78 is 4.48. The highest BCUT2D eigenvalue weighted by molar-refractivity contribution is 5.87. The lowest BCUT2D eigenvalue weighted by molar-refractivity contribution is -0.665. The lowest BCUT2D eigenvalue weighted by Gasteiger charge is -2.11. The number of hydrogen-bond donors (Lipinski definition) is 0. The monoisotopic (exact) mass is 340 g/mol. The molecule has 0 unspecified atom stereocenters. The minimum atomic E-state index is 1.23. The molecule has 2 heteroatoms. The van der Waals surface area contributed by atoms with E-state index in [1.165, 1.54) is 44.5 Å². The molecule has 0 saturated carbocycles. The van der Waals surface area contributed by atoms with E-state index in [9.17, 15) is 0 Å². The van der Waals surface area contributed by atoms with Crippen molar-refractivity contribution in [3.63, 3.8) is 0 Å². The molecular formula is C24H24N2+2. The number of nitrogens with zero attached hydrogens (tertiary/aromatic N) is 2. The van der Waals surface area contributed by atoms with Gasteiger partial charge in [-0.3, -0.25) is 0 Å². The number of benzene rings is 2. The zero-order chi connectivity index (χ0) is 18.3. The van der Waals surface area contributed by atoms with Crippen molar-refractivity contribution in [1.82, 2.24) is 0 Å². The van der Waals surface area contributed by atoms with Crippen LogP contribution in [0.15, 0.2) is 72.9 Å². The molecule has 0 bridgehead atoms. The number of hydrogen-bond acceptors (Lipinski definition) is 0. The Hall–Kier alpha value is -3.00. The Morgan fingerprint density at radius 3 is 2.15 bits per heavy atom. The van der Waals surface area contributed by atoms with Crippen molar-refractivity contribution in [2.45, 2.75) is 13.8 Å². The van der Waals surface area contributed by atoms with Crippen molar-refractivity contribution in [1.29, 1.82) is 0 Å². The minimum absolute atomic E-state index is 1.23. The predicted octanol–water partition coefficient (Wildman–Crippen LogP) is 4.44. The van der Waals surface area contributed by atoms with Gasteiger partial charge in [-0.2, -0.15) is 4.57 Å². The number of pyridine rings is 2. The maximum atomic E-state index is 2.30. The van der Waals surface area contributed by atoms with Gasteiger partial charge in [0.1, 0.15) is 14.1 Å². The van der Waals surface area contributed by atoms with Crippen LogP contribution in [0.3, 0.4) is 0 Å². The van der Waals surface area contributed by atoms with E-state index in [0.717, 1.165) is 0 Å². The van der Waals surface area contributed by atoms with Crippen LogP contribution < -0.4 is 9.13 Å². The van der Waals surface area contributed by atoms with E-state index in [-0.39, 0.29) is 0 Å².